The highest BCUT2D eigenvalue weighted by atomic mass is 79.9. The summed E-state index contributed by atoms with van der Waals surface area (Å²) in [5.41, 5.74) is 0. The van der Waals surface area contributed by atoms with Crippen molar-refractivity contribution in [2.24, 2.45) is 0 Å². The van der Waals surface area contributed by atoms with Crippen LogP contribution in [0.4, 0.5) is 0 Å². The molecular formula is C15H21BrN2O. The molecule has 0 atom stereocenters. The van der Waals surface area contributed by atoms with Crippen LogP contribution in [0.25, 0.3) is 0 Å². The second kappa shape index (κ2) is 9.73. The molecule has 0 aliphatic carbocycles. The lowest BCUT2D eigenvalue weighted by atomic mass is 10.2. The fraction of sp³-hybridized carbons (Fsp3) is 0.467. The lowest BCUT2D eigenvalue weighted by Gasteiger charge is -2.22. The highest BCUT2D eigenvalue weighted by Gasteiger charge is 2.07. The normalized spacial score (nSPS) is 14.0. The summed E-state index contributed by atoms with van der Waals surface area (Å²) in [4.78, 5) is 16.9. The molecule has 0 bridgehead atoms. The van der Waals surface area contributed by atoms with Gasteiger partial charge in [0, 0.05) is 42.6 Å². The van der Waals surface area contributed by atoms with E-state index in [-0.39, 0.29) is 5.78 Å². The first-order valence-electron chi connectivity index (χ1n) is 6.73. The van der Waals surface area contributed by atoms with Crippen molar-refractivity contribution in [2.45, 2.75) is 32.6 Å². The van der Waals surface area contributed by atoms with Gasteiger partial charge in [-0.3, -0.25) is 9.78 Å². The Morgan fingerprint density at radius 3 is 2.74 bits per heavy atom. The van der Waals surface area contributed by atoms with Crippen molar-refractivity contribution >= 4 is 21.7 Å². The number of ketones is 1. The van der Waals surface area contributed by atoms with Gasteiger partial charge in [0.2, 0.25) is 0 Å². The second-order valence-electron chi connectivity index (χ2n) is 4.45. The Bertz CT molecular complexity index is 392. The van der Waals surface area contributed by atoms with Gasteiger partial charge in [-0.2, -0.15) is 0 Å². The second-order valence-corrected chi connectivity index (χ2v) is 5.36. The zero-order valence-electron chi connectivity index (χ0n) is 11.4. The van der Waals surface area contributed by atoms with Crippen molar-refractivity contribution < 1.29 is 4.79 Å². The number of hydrogen-bond donors (Lipinski definition) is 0. The smallest absolute Gasteiger partial charge is 0.158 e. The Kier molecular flexibility index (Phi) is 8.14. The third-order valence-electron chi connectivity index (χ3n) is 2.79. The molecule has 0 spiro atoms. The third kappa shape index (κ3) is 7.78. The van der Waals surface area contributed by atoms with Crippen LogP contribution in [-0.2, 0) is 4.79 Å². The van der Waals surface area contributed by atoms with E-state index in [1.54, 1.807) is 18.5 Å². The number of carbonyl (C=O) groups excluding carboxylic acids is 1. The molecule has 1 aliphatic heterocycles. The minimum Gasteiger partial charge on any atom is -0.377 e. The van der Waals surface area contributed by atoms with E-state index in [2.05, 4.69) is 32.7 Å². The molecule has 2 rings (SSSR count). The van der Waals surface area contributed by atoms with E-state index in [0.29, 0.717) is 6.42 Å². The standard InChI is InChI=1S/C10H17NO.C5H4BrN/c1-2-3-4-7-11-8-5-10(12)6-9-11;6-5-2-1-3-7-4-5/h5,8H,2-4,6-7,9H2,1H3;1-4H. The van der Waals surface area contributed by atoms with Crippen LogP contribution in [0.3, 0.4) is 0 Å². The summed E-state index contributed by atoms with van der Waals surface area (Å²) >= 11 is 3.25. The van der Waals surface area contributed by atoms with Crippen LogP contribution in [0.5, 0.6) is 0 Å². The number of allylic oxidation sites excluding steroid dienone is 1. The number of halogens is 1. The van der Waals surface area contributed by atoms with E-state index in [4.69, 9.17) is 0 Å². The quantitative estimate of drug-likeness (QED) is 0.789. The molecular weight excluding hydrogens is 304 g/mol. The molecule has 2 heterocycles. The van der Waals surface area contributed by atoms with Gasteiger partial charge in [0.05, 0.1) is 0 Å². The molecule has 0 saturated heterocycles. The van der Waals surface area contributed by atoms with Crippen LogP contribution < -0.4 is 0 Å². The first-order chi connectivity index (χ1) is 9.22. The predicted molar refractivity (Wildman–Crippen MR) is 81.8 cm³/mol. The summed E-state index contributed by atoms with van der Waals surface area (Å²) in [6.07, 6.45) is 11.6. The van der Waals surface area contributed by atoms with Crippen LogP contribution >= 0.6 is 15.9 Å². The Labute approximate surface area is 123 Å². The van der Waals surface area contributed by atoms with Crippen LogP contribution in [0.15, 0.2) is 41.3 Å². The van der Waals surface area contributed by atoms with Gasteiger partial charge in [0.15, 0.2) is 5.78 Å². The molecule has 0 N–H and O–H groups in total. The predicted octanol–water partition coefficient (Wildman–Crippen LogP) is 3.81. The van der Waals surface area contributed by atoms with Gasteiger partial charge in [-0.25, -0.2) is 0 Å². The Morgan fingerprint density at radius 1 is 1.42 bits per heavy atom. The lowest BCUT2D eigenvalue weighted by Crippen LogP contribution is -2.25. The number of hydrogen-bond acceptors (Lipinski definition) is 3. The van der Waals surface area contributed by atoms with Crippen LogP contribution in [0, 0.1) is 0 Å². The van der Waals surface area contributed by atoms with E-state index >= 15 is 0 Å². The SMILES string of the molecule is Brc1cccnc1.CCCCCN1C=CC(=O)CC1. The summed E-state index contributed by atoms with van der Waals surface area (Å²) in [6, 6.07) is 3.82. The maximum atomic E-state index is 10.8. The molecule has 19 heavy (non-hydrogen) atoms. The number of carbonyl (C=O) groups is 1. The monoisotopic (exact) mass is 324 g/mol. The zero-order valence-corrected chi connectivity index (χ0v) is 13.0. The van der Waals surface area contributed by atoms with E-state index in [1.165, 1.54) is 19.3 Å². The van der Waals surface area contributed by atoms with Gasteiger partial charge >= 0.3 is 0 Å². The van der Waals surface area contributed by atoms with Crippen LogP contribution in [0.2, 0.25) is 0 Å². The number of pyridine rings is 1. The van der Waals surface area contributed by atoms with Gasteiger partial charge in [0.25, 0.3) is 0 Å². The average Bonchev–Trinajstić information content (AvgIpc) is 2.43. The van der Waals surface area contributed by atoms with Crippen molar-refractivity contribution in [2.75, 3.05) is 13.1 Å². The molecule has 0 amide bonds. The molecule has 0 unspecified atom stereocenters. The van der Waals surface area contributed by atoms with Gasteiger partial charge in [-0.05, 0) is 40.6 Å². The van der Waals surface area contributed by atoms with Gasteiger partial charge < -0.3 is 4.90 Å². The molecule has 1 aromatic rings. The molecule has 1 aromatic heterocycles. The average molecular weight is 325 g/mol. The maximum absolute atomic E-state index is 10.8. The molecule has 4 heteroatoms. The van der Waals surface area contributed by atoms with E-state index in [0.717, 1.165) is 17.6 Å². The maximum Gasteiger partial charge on any atom is 0.158 e. The van der Waals surface area contributed by atoms with E-state index in [9.17, 15) is 4.79 Å². The molecule has 1 aliphatic rings. The summed E-state index contributed by atoms with van der Waals surface area (Å²) < 4.78 is 1.02. The molecule has 0 aromatic carbocycles. The number of rotatable bonds is 4. The summed E-state index contributed by atoms with van der Waals surface area (Å²) in [5.74, 6) is 0.266. The van der Waals surface area contributed by atoms with Crippen molar-refractivity contribution in [1.29, 1.82) is 0 Å². The van der Waals surface area contributed by atoms with Gasteiger partial charge in [0.1, 0.15) is 0 Å². The Morgan fingerprint density at radius 2 is 2.26 bits per heavy atom. The van der Waals surface area contributed by atoms with Crippen molar-refractivity contribution in [3.63, 3.8) is 0 Å². The number of aromatic nitrogens is 1. The highest BCUT2D eigenvalue weighted by Crippen LogP contribution is 2.05. The zero-order chi connectivity index (χ0) is 13.9. The fourth-order valence-corrected chi connectivity index (χ4v) is 1.96. The summed E-state index contributed by atoms with van der Waals surface area (Å²) in [6.45, 7) is 4.23. The first kappa shape index (κ1) is 15.9. The largest absolute Gasteiger partial charge is 0.377 e. The Balaban J connectivity index is 0.000000218. The summed E-state index contributed by atoms with van der Waals surface area (Å²) in [7, 11) is 0. The van der Waals surface area contributed by atoms with Crippen LogP contribution in [-0.4, -0.2) is 28.8 Å². The van der Waals surface area contributed by atoms with Crippen molar-refractivity contribution in [1.82, 2.24) is 9.88 Å². The number of nitrogens with zero attached hydrogens (tertiary/aromatic N) is 2. The lowest BCUT2D eigenvalue weighted by molar-refractivity contribution is -0.115. The number of unbranched alkanes of at least 4 members (excludes halogenated alkanes) is 2. The molecule has 3 nitrogen and oxygen atoms in total. The van der Waals surface area contributed by atoms with Crippen molar-refractivity contribution in [3.05, 3.63) is 41.3 Å². The topological polar surface area (TPSA) is 33.2 Å². The minimum absolute atomic E-state index is 0.266. The summed E-state index contributed by atoms with van der Waals surface area (Å²) in [5, 5.41) is 0. The van der Waals surface area contributed by atoms with Gasteiger partial charge in [-0.15, -0.1) is 0 Å². The minimum atomic E-state index is 0.266. The first-order valence-corrected chi connectivity index (χ1v) is 7.52. The Hall–Kier alpha value is -1.16. The highest BCUT2D eigenvalue weighted by molar-refractivity contribution is 9.10. The molecule has 0 saturated carbocycles. The van der Waals surface area contributed by atoms with Crippen molar-refractivity contribution in [3.8, 4) is 0 Å². The fourth-order valence-electron chi connectivity index (χ4n) is 1.69. The molecule has 104 valence electrons. The third-order valence-corrected chi connectivity index (χ3v) is 3.26. The van der Waals surface area contributed by atoms with Crippen LogP contribution in [0.1, 0.15) is 32.6 Å². The van der Waals surface area contributed by atoms with E-state index < -0.39 is 0 Å². The van der Waals surface area contributed by atoms with E-state index in [1.807, 2.05) is 18.3 Å². The van der Waals surface area contributed by atoms with Gasteiger partial charge in [-0.1, -0.05) is 19.8 Å². The molecule has 0 fully saturated rings. The molecule has 0 radical (unpaired) electrons.